The lowest BCUT2D eigenvalue weighted by Gasteiger charge is -2.17. The van der Waals surface area contributed by atoms with Crippen LogP contribution >= 0.6 is 15.6 Å². The van der Waals surface area contributed by atoms with E-state index in [2.05, 4.69) is 23.8 Å². The Labute approximate surface area is 154 Å². The van der Waals surface area contributed by atoms with Crippen LogP contribution in [-0.2, 0) is 22.7 Å². The predicted octanol–water partition coefficient (Wildman–Crippen LogP) is -1.92. The lowest BCUT2D eigenvalue weighted by atomic mass is 10.1. The van der Waals surface area contributed by atoms with E-state index in [0.29, 0.717) is 0 Å². The van der Waals surface area contributed by atoms with Crippen molar-refractivity contribution in [2.45, 2.75) is 24.5 Å². The summed E-state index contributed by atoms with van der Waals surface area (Å²) < 4.78 is 36.4. The van der Waals surface area contributed by atoms with Crippen LogP contribution in [0.4, 0.5) is 0 Å². The lowest BCUT2D eigenvalue weighted by Crippen LogP contribution is -2.33. The number of ether oxygens (including phenoxy) is 1. The second-order valence-corrected chi connectivity index (χ2v) is 8.38. The van der Waals surface area contributed by atoms with Gasteiger partial charge in [-0.25, -0.2) is 14.1 Å². The summed E-state index contributed by atoms with van der Waals surface area (Å²) in [6, 6.07) is -0.796. The number of phosphoric acid groups is 2. The SMILES string of the molecule is O=P(O)(O)OP(=O)(O)OC[C@H]1O[C@@H](n2cnc3c(O)nc(O)nc32)[C@H](O)[C@@H]1O. The highest BCUT2D eigenvalue weighted by Gasteiger charge is 2.46. The minimum absolute atomic E-state index is 0.141. The minimum Gasteiger partial charge on any atom is -0.492 e. The zero-order valence-electron chi connectivity index (χ0n) is 13.4. The van der Waals surface area contributed by atoms with Crippen molar-refractivity contribution in [3.8, 4) is 11.9 Å². The highest BCUT2D eigenvalue weighted by Crippen LogP contribution is 2.57. The first kappa shape index (κ1) is 21.0. The standard InChI is InChI=1S/C10H14N4O12P2/c15-5-3(1-24-28(22,23)26-27(19,20)21)25-9(6(5)16)14-2-11-4-7(14)12-10(18)13-8(4)17/h2-3,5-6,9,15-16H,1H2,(H,22,23)(H2,19,20,21)(H2,12,13,17,18)/t3-,5-,6-,9-/m1/s1. The molecule has 7 N–H and O–H groups in total. The summed E-state index contributed by atoms with van der Waals surface area (Å²) in [5, 5.41) is 39.3. The molecule has 0 radical (unpaired) electrons. The van der Waals surface area contributed by atoms with Gasteiger partial charge in [-0.15, -0.1) is 0 Å². The van der Waals surface area contributed by atoms with Gasteiger partial charge in [0.1, 0.15) is 18.3 Å². The zero-order chi connectivity index (χ0) is 20.9. The number of hydrogen-bond donors (Lipinski definition) is 7. The largest absolute Gasteiger partial charge is 0.492 e. The van der Waals surface area contributed by atoms with E-state index in [4.69, 9.17) is 14.5 Å². The molecule has 0 aliphatic carbocycles. The van der Waals surface area contributed by atoms with Crippen molar-refractivity contribution in [3.05, 3.63) is 6.33 Å². The Morgan fingerprint density at radius 3 is 2.46 bits per heavy atom. The molecular formula is C10H14N4O12P2. The van der Waals surface area contributed by atoms with Crippen molar-refractivity contribution in [2.75, 3.05) is 6.61 Å². The van der Waals surface area contributed by atoms with E-state index in [1.54, 1.807) is 0 Å². The number of nitrogens with zero attached hydrogens (tertiary/aromatic N) is 4. The fourth-order valence-corrected chi connectivity index (χ4v) is 4.10. The lowest BCUT2D eigenvalue weighted by molar-refractivity contribution is -0.0503. The number of fused-ring (bicyclic) bond motifs is 1. The van der Waals surface area contributed by atoms with Crippen molar-refractivity contribution in [3.63, 3.8) is 0 Å². The second kappa shape index (κ2) is 7.27. The van der Waals surface area contributed by atoms with Crippen molar-refractivity contribution in [1.29, 1.82) is 0 Å². The quantitative estimate of drug-likeness (QED) is 0.240. The average Bonchev–Trinajstić information content (AvgIpc) is 3.06. The van der Waals surface area contributed by atoms with Crippen LogP contribution < -0.4 is 0 Å². The van der Waals surface area contributed by atoms with Gasteiger partial charge in [0, 0.05) is 0 Å². The van der Waals surface area contributed by atoms with Gasteiger partial charge in [0.2, 0.25) is 5.88 Å². The average molecular weight is 444 g/mol. The Kier molecular flexibility index (Phi) is 5.46. The Bertz CT molecular complexity index is 977. The highest BCUT2D eigenvalue weighted by atomic mass is 31.3. The van der Waals surface area contributed by atoms with Gasteiger partial charge in [-0.05, 0) is 0 Å². The summed E-state index contributed by atoms with van der Waals surface area (Å²) in [5.74, 6) is -0.648. The van der Waals surface area contributed by atoms with Gasteiger partial charge in [0.15, 0.2) is 17.4 Å². The molecule has 5 atom stereocenters. The van der Waals surface area contributed by atoms with Crippen LogP contribution in [0.2, 0.25) is 0 Å². The molecule has 0 spiro atoms. The zero-order valence-corrected chi connectivity index (χ0v) is 15.2. The van der Waals surface area contributed by atoms with E-state index in [9.17, 15) is 34.4 Å². The van der Waals surface area contributed by atoms with Gasteiger partial charge in [-0.3, -0.25) is 9.09 Å². The number of phosphoric ester groups is 1. The summed E-state index contributed by atoms with van der Waals surface area (Å²) in [6.45, 7) is -0.888. The maximum absolute atomic E-state index is 11.5. The summed E-state index contributed by atoms with van der Waals surface area (Å²) >= 11 is 0. The van der Waals surface area contributed by atoms with Crippen molar-refractivity contribution >= 4 is 26.8 Å². The molecule has 28 heavy (non-hydrogen) atoms. The van der Waals surface area contributed by atoms with Crippen LogP contribution in [0.3, 0.4) is 0 Å². The first-order valence-electron chi connectivity index (χ1n) is 7.26. The van der Waals surface area contributed by atoms with Crippen LogP contribution in [0.1, 0.15) is 6.23 Å². The summed E-state index contributed by atoms with van der Waals surface area (Å²) in [4.78, 5) is 37.1. The number of rotatable bonds is 6. The topological polar surface area (TPSA) is 247 Å². The molecule has 2 aromatic rings. The minimum atomic E-state index is -5.33. The van der Waals surface area contributed by atoms with E-state index in [1.807, 2.05) is 0 Å². The molecule has 1 aliphatic rings. The van der Waals surface area contributed by atoms with Crippen LogP contribution in [0.15, 0.2) is 6.33 Å². The molecule has 2 aromatic heterocycles. The Morgan fingerprint density at radius 2 is 1.82 bits per heavy atom. The maximum atomic E-state index is 11.5. The third kappa shape index (κ3) is 4.31. The number of aromatic nitrogens is 4. The third-order valence-corrected chi connectivity index (χ3v) is 5.77. The van der Waals surface area contributed by atoms with E-state index in [0.717, 1.165) is 10.9 Å². The van der Waals surface area contributed by atoms with Gasteiger partial charge < -0.3 is 39.8 Å². The molecule has 1 saturated heterocycles. The first-order chi connectivity index (χ1) is 12.9. The van der Waals surface area contributed by atoms with E-state index < -0.39 is 58.7 Å². The molecular weight excluding hydrogens is 430 g/mol. The van der Waals surface area contributed by atoms with E-state index in [-0.39, 0.29) is 11.2 Å². The molecule has 16 nitrogen and oxygen atoms in total. The molecule has 1 unspecified atom stereocenters. The van der Waals surface area contributed by atoms with E-state index in [1.165, 1.54) is 0 Å². The van der Waals surface area contributed by atoms with Crippen LogP contribution in [-0.4, -0.2) is 79.5 Å². The highest BCUT2D eigenvalue weighted by molar-refractivity contribution is 7.60. The van der Waals surface area contributed by atoms with Gasteiger partial charge in [0.25, 0.3) is 0 Å². The normalized spacial score (nSPS) is 27.9. The third-order valence-electron chi connectivity index (χ3n) is 3.61. The van der Waals surface area contributed by atoms with Crippen LogP contribution in [0, 0.1) is 0 Å². The van der Waals surface area contributed by atoms with Crippen molar-refractivity contribution in [2.24, 2.45) is 0 Å². The van der Waals surface area contributed by atoms with Gasteiger partial charge in [0.05, 0.1) is 12.9 Å². The Hall–Kier alpha value is -1.71. The van der Waals surface area contributed by atoms with Crippen LogP contribution in [0.25, 0.3) is 11.2 Å². The maximum Gasteiger partial charge on any atom is 0.481 e. The second-order valence-electron chi connectivity index (χ2n) is 5.55. The molecule has 0 aromatic carbocycles. The molecule has 0 saturated carbocycles. The molecule has 1 fully saturated rings. The molecule has 18 heteroatoms. The Morgan fingerprint density at radius 1 is 1.14 bits per heavy atom. The van der Waals surface area contributed by atoms with Crippen molar-refractivity contribution < 1.29 is 57.8 Å². The molecule has 1 aliphatic heterocycles. The summed E-state index contributed by atoms with van der Waals surface area (Å²) in [5.41, 5.74) is -0.293. The summed E-state index contributed by atoms with van der Waals surface area (Å²) in [6.07, 6.45) is -5.03. The predicted molar refractivity (Wildman–Crippen MR) is 83.5 cm³/mol. The fraction of sp³-hybridized carbons (Fsp3) is 0.500. The molecule has 156 valence electrons. The number of aromatic hydroxyl groups is 2. The summed E-state index contributed by atoms with van der Waals surface area (Å²) in [7, 11) is -10.5. The Balaban J connectivity index is 1.78. The van der Waals surface area contributed by atoms with Gasteiger partial charge in [-0.2, -0.15) is 14.3 Å². The molecule has 0 bridgehead atoms. The molecule has 0 amide bonds. The first-order valence-corrected chi connectivity index (χ1v) is 10.3. The van der Waals surface area contributed by atoms with E-state index >= 15 is 0 Å². The van der Waals surface area contributed by atoms with Gasteiger partial charge in [-0.1, -0.05) is 0 Å². The monoisotopic (exact) mass is 444 g/mol. The van der Waals surface area contributed by atoms with Gasteiger partial charge >= 0.3 is 21.7 Å². The molecule has 3 heterocycles. The number of aliphatic hydroxyl groups is 2. The van der Waals surface area contributed by atoms with Crippen molar-refractivity contribution in [1.82, 2.24) is 19.5 Å². The van der Waals surface area contributed by atoms with Crippen LogP contribution in [0.5, 0.6) is 11.9 Å². The molecule has 3 rings (SSSR count). The number of aliphatic hydroxyl groups excluding tert-OH is 2. The number of imidazole rings is 1. The number of hydrogen-bond acceptors (Lipinski definition) is 12. The fourth-order valence-electron chi connectivity index (χ4n) is 2.50. The smallest absolute Gasteiger partial charge is 0.481 e.